The van der Waals surface area contributed by atoms with E-state index in [4.69, 9.17) is 16.3 Å². The minimum atomic E-state index is -0.360. The van der Waals surface area contributed by atoms with Crippen molar-refractivity contribution in [3.05, 3.63) is 50.1 Å². The van der Waals surface area contributed by atoms with Crippen molar-refractivity contribution in [2.45, 2.75) is 18.4 Å². The maximum Gasteiger partial charge on any atom is 0.325 e. The van der Waals surface area contributed by atoms with Crippen molar-refractivity contribution in [1.82, 2.24) is 4.57 Å². The van der Waals surface area contributed by atoms with E-state index >= 15 is 0 Å². The van der Waals surface area contributed by atoms with Gasteiger partial charge in [-0.1, -0.05) is 27.5 Å². The van der Waals surface area contributed by atoms with Crippen LogP contribution in [0, 0.1) is 0 Å². The summed E-state index contributed by atoms with van der Waals surface area (Å²) in [5.74, 6) is -0.360. The number of hydrogen-bond acceptors (Lipinski definition) is 4. The highest BCUT2D eigenvalue weighted by molar-refractivity contribution is 9.10. The van der Waals surface area contributed by atoms with Crippen LogP contribution >= 0.6 is 39.3 Å². The van der Waals surface area contributed by atoms with Gasteiger partial charge >= 0.3 is 5.97 Å². The molecule has 0 bridgehead atoms. The highest BCUT2D eigenvalue weighted by atomic mass is 79.9. The first-order valence-electron chi connectivity index (χ1n) is 7.61. The predicted octanol–water partition coefficient (Wildman–Crippen LogP) is 4.86. The Morgan fingerprint density at radius 3 is 2.68 bits per heavy atom. The van der Waals surface area contributed by atoms with Gasteiger partial charge in [-0.05, 0) is 43.5 Å². The van der Waals surface area contributed by atoms with E-state index in [1.165, 1.54) is 11.8 Å². The number of hydrogen-bond donors (Lipinski definition) is 0. The number of halogens is 2. The zero-order chi connectivity index (χ0) is 18.1. The summed E-state index contributed by atoms with van der Waals surface area (Å²) < 4.78 is 7.75. The van der Waals surface area contributed by atoms with Gasteiger partial charge in [0.1, 0.15) is 6.54 Å². The van der Waals surface area contributed by atoms with Crippen LogP contribution in [0.5, 0.6) is 0 Å². The summed E-state index contributed by atoms with van der Waals surface area (Å²) in [6.07, 6.45) is 1.89. The van der Waals surface area contributed by atoms with Crippen molar-refractivity contribution in [2.24, 2.45) is 0 Å². The second-order valence-corrected chi connectivity index (χ2v) is 7.50. The molecule has 0 atom stereocenters. The fraction of sp³-hybridized carbons (Fsp3) is 0.222. The molecule has 25 heavy (non-hydrogen) atoms. The predicted molar refractivity (Wildman–Crippen MR) is 107 cm³/mol. The monoisotopic (exact) mass is 439 g/mol. The molecule has 0 N–H and O–H groups in total. The van der Waals surface area contributed by atoms with E-state index in [2.05, 4.69) is 15.9 Å². The van der Waals surface area contributed by atoms with Crippen LogP contribution < -0.4 is 5.43 Å². The lowest BCUT2D eigenvalue weighted by atomic mass is 10.1. The highest BCUT2D eigenvalue weighted by Crippen LogP contribution is 2.34. The molecule has 0 aliphatic carbocycles. The Labute approximate surface area is 162 Å². The van der Waals surface area contributed by atoms with Crippen LogP contribution in [0.1, 0.15) is 6.92 Å². The van der Waals surface area contributed by atoms with Gasteiger partial charge in [0.25, 0.3) is 0 Å². The number of fused-ring (bicyclic) bond motifs is 2. The molecule has 0 spiro atoms. The van der Waals surface area contributed by atoms with Crippen molar-refractivity contribution >= 4 is 67.1 Å². The fourth-order valence-electron chi connectivity index (χ4n) is 2.88. The molecule has 7 heteroatoms. The second kappa shape index (κ2) is 7.40. The number of rotatable bonds is 4. The summed E-state index contributed by atoms with van der Waals surface area (Å²) in [6.45, 7) is 2.07. The van der Waals surface area contributed by atoms with Crippen LogP contribution in [-0.4, -0.2) is 23.4 Å². The Morgan fingerprint density at radius 1 is 1.28 bits per heavy atom. The molecule has 3 rings (SSSR count). The molecule has 2 aromatic carbocycles. The second-order valence-electron chi connectivity index (χ2n) is 5.36. The number of carbonyl (C=O) groups excluding carboxylic acids is 1. The van der Waals surface area contributed by atoms with E-state index in [0.717, 1.165) is 9.37 Å². The van der Waals surface area contributed by atoms with E-state index in [1.807, 2.05) is 23.0 Å². The average Bonchev–Trinajstić information content (AvgIpc) is 2.58. The Kier molecular flexibility index (Phi) is 5.41. The Balaban J connectivity index is 2.49. The lowest BCUT2D eigenvalue weighted by Crippen LogP contribution is -2.18. The number of nitrogens with zero attached hydrogens (tertiary/aromatic N) is 1. The maximum absolute atomic E-state index is 12.9. The molecule has 0 aliphatic heterocycles. The fourth-order valence-corrected chi connectivity index (χ4v) is 4.29. The van der Waals surface area contributed by atoms with Gasteiger partial charge in [-0.25, -0.2) is 0 Å². The van der Waals surface area contributed by atoms with E-state index < -0.39 is 0 Å². The molecule has 3 aromatic rings. The molecule has 1 heterocycles. The van der Waals surface area contributed by atoms with Gasteiger partial charge in [0.2, 0.25) is 0 Å². The van der Waals surface area contributed by atoms with Crippen LogP contribution in [0.25, 0.3) is 21.8 Å². The summed E-state index contributed by atoms with van der Waals surface area (Å²) in [5.41, 5.74) is 1.24. The summed E-state index contributed by atoms with van der Waals surface area (Å²) in [5, 5.41) is 1.63. The van der Waals surface area contributed by atoms with Gasteiger partial charge in [-0.2, -0.15) is 0 Å². The molecule has 0 aliphatic rings. The van der Waals surface area contributed by atoms with Crippen molar-refractivity contribution in [2.75, 3.05) is 12.9 Å². The number of esters is 1. The molecule has 0 saturated heterocycles. The Bertz CT molecular complexity index is 1050. The molecule has 0 fully saturated rings. The first-order valence-corrected chi connectivity index (χ1v) is 10.0. The molecule has 0 radical (unpaired) electrons. The molecule has 4 nitrogen and oxygen atoms in total. The molecule has 0 saturated carbocycles. The zero-order valence-corrected chi connectivity index (χ0v) is 16.8. The minimum Gasteiger partial charge on any atom is -0.465 e. The third-order valence-electron chi connectivity index (χ3n) is 3.89. The number of thioether (sulfide) groups is 1. The summed E-state index contributed by atoms with van der Waals surface area (Å²) in [7, 11) is 0. The van der Waals surface area contributed by atoms with Gasteiger partial charge in [-0.3, -0.25) is 9.59 Å². The average molecular weight is 441 g/mol. The highest BCUT2D eigenvalue weighted by Gasteiger charge is 2.18. The lowest BCUT2D eigenvalue weighted by Gasteiger charge is -2.17. The largest absolute Gasteiger partial charge is 0.465 e. The topological polar surface area (TPSA) is 48.3 Å². The van der Waals surface area contributed by atoms with Crippen molar-refractivity contribution < 1.29 is 9.53 Å². The normalized spacial score (nSPS) is 11.2. The van der Waals surface area contributed by atoms with E-state index in [-0.39, 0.29) is 17.9 Å². The zero-order valence-electron chi connectivity index (χ0n) is 13.6. The molecule has 1 aromatic heterocycles. The smallest absolute Gasteiger partial charge is 0.325 e. The van der Waals surface area contributed by atoms with Crippen molar-refractivity contribution in [3.63, 3.8) is 0 Å². The van der Waals surface area contributed by atoms with Crippen molar-refractivity contribution in [1.29, 1.82) is 0 Å². The first kappa shape index (κ1) is 18.3. The van der Waals surface area contributed by atoms with Crippen LogP contribution in [0.4, 0.5) is 0 Å². The van der Waals surface area contributed by atoms with Crippen LogP contribution in [0.2, 0.25) is 5.02 Å². The van der Waals surface area contributed by atoms with Gasteiger partial charge in [0.15, 0.2) is 5.43 Å². The van der Waals surface area contributed by atoms with Crippen LogP contribution in [-0.2, 0) is 16.1 Å². The third-order valence-corrected chi connectivity index (χ3v) is 5.63. The van der Waals surface area contributed by atoms with E-state index in [1.54, 1.807) is 25.1 Å². The molecular weight excluding hydrogens is 426 g/mol. The molecule has 0 amide bonds. The number of carbonyl (C=O) groups is 1. The molecule has 0 unspecified atom stereocenters. The van der Waals surface area contributed by atoms with Crippen LogP contribution in [0.3, 0.4) is 0 Å². The number of aromatic nitrogens is 1. The summed E-state index contributed by atoms with van der Waals surface area (Å²) in [6, 6.07) is 8.84. The summed E-state index contributed by atoms with van der Waals surface area (Å²) in [4.78, 5) is 25.9. The third kappa shape index (κ3) is 3.30. The van der Waals surface area contributed by atoms with Gasteiger partial charge < -0.3 is 9.30 Å². The SMILES string of the molecule is CCOC(=O)Cn1c2cc(Br)ccc2c(=O)c2ccc(Cl)c(SC)c21. The lowest BCUT2D eigenvalue weighted by molar-refractivity contribution is -0.143. The molecular formula is C18H15BrClNO3S. The first-order chi connectivity index (χ1) is 12.0. The number of ether oxygens (including phenoxy) is 1. The van der Waals surface area contributed by atoms with Gasteiger partial charge in [0.05, 0.1) is 27.6 Å². The van der Waals surface area contributed by atoms with Crippen LogP contribution in [0.15, 0.2) is 44.5 Å². The van der Waals surface area contributed by atoms with Crippen molar-refractivity contribution in [3.8, 4) is 0 Å². The molecule has 130 valence electrons. The maximum atomic E-state index is 12.9. The Hall–Kier alpha value is -1.50. The van der Waals surface area contributed by atoms with E-state index in [0.29, 0.717) is 33.4 Å². The summed E-state index contributed by atoms with van der Waals surface area (Å²) >= 11 is 11.2. The van der Waals surface area contributed by atoms with E-state index in [9.17, 15) is 9.59 Å². The minimum absolute atomic E-state index is 0.00543. The number of benzene rings is 2. The van der Waals surface area contributed by atoms with Gasteiger partial charge in [0, 0.05) is 15.2 Å². The van der Waals surface area contributed by atoms with Gasteiger partial charge in [-0.15, -0.1) is 11.8 Å². The quantitative estimate of drug-likeness (QED) is 0.330. The standard InChI is InChI=1S/C18H15BrClNO3S/c1-3-24-15(22)9-21-14-8-10(19)4-5-11(14)17(23)12-6-7-13(20)18(25-2)16(12)21/h4-8H,3,9H2,1-2H3. The Morgan fingerprint density at radius 2 is 2.00 bits per heavy atom. The number of pyridine rings is 1.